The average molecular weight is 750 g/mol. The summed E-state index contributed by atoms with van der Waals surface area (Å²) in [6.07, 6.45) is 8.65. The van der Waals surface area contributed by atoms with Crippen LogP contribution in [0.15, 0.2) is 48.5 Å². The van der Waals surface area contributed by atoms with Crippen LogP contribution in [-0.4, -0.2) is 100 Å². The number of nitrogens with one attached hydrogen (secondary N) is 1. The lowest BCUT2D eigenvalue weighted by Gasteiger charge is -2.44. The number of carbonyl (C=O) groups excluding carboxylic acids is 3. The Morgan fingerprint density at radius 1 is 0.981 bits per heavy atom. The molecule has 0 aromatic heterocycles. The molecule has 2 atom stereocenters. The zero-order valence-corrected chi connectivity index (χ0v) is 33.5. The lowest BCUT2D eigenvalue weighted by Crippen LogP contribution is -2.57. The number of alkyl carbamates (subject to hydrolysis) is 1. The number of aliphatic hydroxyl groups excluding tert-OH is 1. The fraction of sp³-hybridized carbons (Fsp3) is 0.651. The van der Waals surface area contributed by atoms with Crippen molar-refractivity contribution in [2.24, 2.45) is 11.8 Å². The fourth-order valence-corrected chi connectivity index (χ4v) is 8.41. The molecule has 298 valence electrons. The van der Waals surface area contributed by atoms with E-state index < -0.39 is 29.4 Å². The molecule has 2 unspecified atom stereocenters. The largest absolute Gasteiger partial charge is 0.444 e. The van der Waals surface area contributed by atoms with Crippen LogP contribution in [0.2, 0.25) is 0 Å². The third-order valence-electron chi connectivity index (χ3n) is 11.3. The van der Waals surface area contributed by atoms with E-state index in [1.807, 2.05) is 45.0 Å². The average Bonchev–Trinajstić information content (AvgIpc) is 3.35. The van der Waals surface area contributed by atoms with E-state index >= 15 is 0 Å². The number of hydrogen-bond acceptors (Lipinski definition) is 7. The molecule has 0 bridgehead atoms. The van der Waals surface area contributed by atoms with E-state index in [1.54, 1.807) is 42.7 Å². The van der Waals surface area contributed by atoms with E-state index in [-0.39, 0.29) is 49.9 Å². The summed E-state index contributed by atoms with van der Waals surface area (Å²) in [4.78, 5) is 49.5. The summed E-state index contributed by atoms with van der Waals surface area (Å²) in [5, 5.41) is 14.5. The van der Waals surface area contributed by atoms with Gasteiger partial charge in [0.25, 0.3) is 0 Å². The van der Waals surface area contributed by atoms with Crippen LogP contribution in [0, 0.1) is 24.6 Å². The summed E-state index contributed by atoms with van der Waals surface area (Å²) in [5.41, 5.74) is 1.21. The van der Waals surface area contributed by atoms with Gasteiger partial charge in [-0.25, -0.2) is 9.18 Å². The number of ether oxygens (including phenoxy) is 1. The number of anilines is 1. The SMILES string of the molecule is Cc1ccc(CN(CC(O)CN2CN(c3ccc(F)cc3)C3(CCN(CC4CCCCCCC4)CC3)C2=O)C(=O)C(NC(=O)OC(C)(C)C)C(C)C)cc1. The van der Waals surface area contributed by atoms with Gasteiger partial charge in [0.15, 0.2) is 0 Å². The fourth-order valence-electron chi connectivity index (χ4n) is 8.41. The van der Waals surface area contributed by atoms with Crippen molar-refractivity contribution < 1.29 is 28.6 Å². The molecule has 2 saturated heterocycles. The number of amides is 3. The number of β-amino-alcohol motifs (C(OH)–C–C–N with tert-alkyl or cyclic N) is 1. The van der Waals surface area contributed by atoms with Crippen molar-refractivity contribution in [2.45, 2.75) is 129 Å². The Hall–Kier alpha value is -3.70. The number of hydrogen-bond donors (Lipinski definition) is 2. The van der Waals surface area contributed by atoms with Gasteiger partial charge >= 0.3 is 6.09 Å². The minimum absolute atomic E-state index is 0.0214. The first kappa shape index (κ1) is 41.5. The van der Waals surface area contributed by atoms with Crippen molar-refractivity contribution in [2.75, 3.05) is 44.3 Å². The molecule has 1 aliphatic carbocycles. The summed E-state index contributed by atoms with van der Waals surface area (Å²) in [6.45, 7) is 14.1. The number of likely N-dealkylation sites (tertiary alicyclic amines) is 1. The molecule has 1 saturated carbocycles. The van der Waals surface area contributed by atoms with Crippen molar-refractivity contribution in [3.63, 3.8) is 0 Å². The van der Waals surface area contributed by atoms with Gasteiger partial charge in [-0.15, -0.1) is 0 Å². The highest BCUT2D eigenvalue weighted by molar-refractivity contribution is 5.93. The maximum Gasteiger partial charge on any atom is 0.408 e. The van der Waals surface area contributed by atoms with Crippen LogP contribution in [0.1, 0.15) is 104 Å². The van der Waals surface area contributed by atoms with Gasteiger partial charge in [-0.05, 0) is 95.0 Å². The molecule has 3 aliphatic rings. The maximum absolute atomic E-state index is 14.6. The van der Waals surface area contributed by atoms with E-state index in [0.29, 0.717) is 18.8 Å². The maximum atomic E-state index is 14.6. The number of aryl methyl sites for hydroxylation is 1. The Kier molecular flexibility index (Phi) is 14.0. The first-order chi connectivity index (χ1) is 25.6. The van der Waals surface area contributed by atoms with Crippen molar-refractivity contribution in [1.29, 1.82) is 0 Å². The number of aliphatic hydroxyl groups is 1. The zero-order chi connectivity index (χ0) is 39.0. The van der Waals surface area contributed by atoms with Gasteiger partial charge in [-0.2, -0.15) is 0 Å². The van der Waals surface area contributed by atoms with Crippen LogP contribution >= 0.6 is 0 Å². The first-order valence-corrected chi connectivity index (χ1v) is 20.2. The molecule has 2 heterocycles. The molecule has 1 spiro atoms. The van der Waals surface area contributed by atoms with E-state index in [9.17, 15) is 23.9 Å². The number of carbonyl (C=O) groups is 3. The smallest absolute Gasteiger partial charge is 0.408 e. The second-order valence-electron chi connectivity index (χ2n) is 17.3. The standard InChI is InChI=1S/C43H64FN5O5/c1-31(2)38(45-41(53)54-42(4,5)6)39(51)47(27-34-16-14-32(3)15-17-34)28-37(50)29-48-30-49(36-20-18-35(44)19-21-36)43(40(48)52)22-24-46(25-23-43)26-33-12-10-8-7-9-11-13-33/h14-21,31,33,37-38,50H,7-13,22-30H2,1-6H3,(H,45,53). The van der Waals surface area contributed by atoms with Gasteiger partial charge in [0, 0.05) is 38.4 Å². The van der Waals surface area contributed by atoms with Crippen LogP contribution < -0.4 is 10.2 Å². The predicted molar refractivity (Wildman–Crippen MR) is 210 cm³/mol. The normalized spacial score (nSPS) is 19.8. The quantitative estimate of drug-likeness (QED) is 0.244. The number of rotatable bonds is 12. The van der Waals surface area contributed by atoms with E-state index in [4.69, 9.17) is 4.74 Å². The Morgan fingerprint density at radius 3 is 2.19 bits per heavy atom. The molecule has 5 rings (SSSR count). The molecule has 2 aromatic rings. The highest BCUT2D eigenvalue weighted by atomic mass is 19.1. The molecule has 11 heteroatoms. The number of halogens is 1. The van der Waals surface area contributed by atoms with Gasteiger partial charge in [-0.3, -0.25) is 9.59 Å². The molecule has 2 N–H and O–H groups in total. The minimum atomic E-state index is -1.07. The summed E-state index contributed by atoms with van der Waals surface area (Å²) in [6, 6.07) is 13.3. The molecular weight excluding hydrogens is 686 g/mol. The van der Waals surface area contributed by atoms with E-state index in [1.165, 1.54) is 57.1 Å². The Morgan fingerprint density at radius 2 is 1.59 bits per heavy atom. The van der Waals surface area contributed by atoms with Crippen LogP contribution in [0.5, 0.6) is 0 Å². The molecular formula is C43H64FN5O5. The lowest BCUT2D eigenvalue weighted by atomic mass is 9.84. The highest BCUT2D eigenvalue weighted by Crippen LogP contribution is 2.40. The third-order valence-corrected chi connectivity index (χ3v) is 11.3. The van der Waals surface area contributed by atoms with Gasteiger partial charge in [0.05, 0.1) is 19.3 Å². The van der Waals surface area contributed by atoms with E-state index in [0.717, 1.165) is 36.4 Å². The topological polar surface area (TPSA) is 106 Å². The summed E-state index contributed by atoms with van der Waals surface area (Å²) < 4.78 is 19.6. The van der Waals surface area contributed by atoms with Crippen molar-refractivity contribution in [3.05, 3.63) is 65.5 Å². The Balaban J connectivity index is 1.32. The zero-order valence-electron chi connectivity index (χ0n) is 33.5. The van der Waals surface area contributed by atoms with Crippen molar-refractivity contribution >= 4 is 23.6 Å². The van der Waals surface area contributed by atoms with Gasteiger partial charge in [0.1, 0.15) is 23.0 Å². The van der Waals surface area contributed by atoms with Crippen molar-refractivity contribution in [1.82, 2.24) is 20.0 Å². The second-order valence-corrected chi connectivity index (χ2v) is 17.3. The molecule has 3 amide bonds. The number of benzene rings is 2. The highest BCUT2D eigenvalue weighted by Gasteiger charge is 2.54. The third kappa shape index (κ3) is 11.0. The Labute approximate surface area is 322 Å². The Bertz CT molecular complexity index is 1530. The lowest BCUT2D eigenvalue weighted by molar-refractivity contribution is -0.138. The number of piperidine rings is 1. The van der Waals surface area contributed by atoms with Crippen LogP contribution in [-0.2, 0) is 20.9 Å². The molecule has 3 fully saturated rings. The summed E-state index contributed by atoms with van der Waals surface area (Å²) in [7, 11) is 0. The minimum Gasteiger partial charge on any atom is -0.444 e. The molecule has 10 nitrogen and oxygen atoms in total. The predicted octanol–water partition coefficient (Wildman–Crippen LogP) is 6.87. The van der Waals surface area contributed by atoms with Crippen LogP contribution in [0.25, 0.3) is 0 Å². The molecule has 2 aliphatic heterocycles. The molecule has 54 heavy (non-hydrogen) atoms. The van der Waals surface area contributed by atoms with Crippen LogP contribution in [0.4, 0.5) is 14.9 Å². The molecule has 0 radical (unpaired) electrons. The van der Waals surface area contributed by atoms with Crippen LogP contribution in [0.3, 0.4) is 0 Å². The first-order valence-electron chi connectivity index (χ1n) is 20.2. The summed E-state index contributed by atoms with van der Waals surface area (Å²) in [5.74, 6) is -0.286. The van der Waals surface area contributed by atoms with Gasteiger partial charge < -0.3 is 34.8 Å². The van der Waals surface area contributed by atoms with Crippen molar-refractivity contribution in [3.8, 4) is 0 Å². The summed E-state index contributed by atoms with van der Waals surface area (Å²) >= 11 is 0. The van der Waals surface area contributed by atoms with Gasteiger partial charge in [-0.1, -0.05) is 75.8 Å². The number of nitrogens with zero attached hydrogens (tertiary/aromatic N) is 4. The second kappa shape index (κ2) is 18.3. The monoisotopic (exact) mass is 749 g/mol. The molecule has 2 aromatic carbocycles. The van der Waals surface area contributed by atoms with E-state index in [2.05, 4.69) is 15.1 Å². The van der Waals surface area contributed by atoms with Gasteiger partial charge in [0.2, 0.25) is 11.8 Å².